The van der Waals surface area contributed by atoms with E-state index in [1.807, 2.05) is 13.8 Å². The zero-order valence-electron chi connectivity index (χ0n) is 17.8. The molecule has 0 aromatic carbocycles. The van der Waals surface area contributed by atoms with Crippen molar-refractivity contribution in [3.63, 3.8) is 0 Å². The number of fused-ring (bicyclic) bond motifs is 5. The first-order valence-electron chi connectivity index (χ1n) is 11.7. The topological polar surface area (TPSA) is 0 Å². The van der Waals surface area contributed by atoms with Crippen molar-refractivity contribution in [2.75, 3.05) is 0 Å². The van der Waals surface area contributed by atoms with Gasteiger partial charge < -0.3 is 0 Å². The van der Waals surface area contributed by atoms with Gasteiger partial charge in [0.15, 0.2) is 0 Å². The Morgan fingerprint density at radius 3 is 2.35 bits per heavy atom. The maximum atomic E-state index is 4.19. The zero-order valence-corrected chi connectivity index (χ0v) is 17.8. The molecule has 0 saturated heterocycles. The molecule has 0 amide bonds. The largest absolute Gasteiger partial charge is 0.103 e. The lowest BCUT2D eigenvalue weighted by molar-refractivity contribution is -0.125. The smallest absolute Gasteiger partial charge is 0.0179 e. The van der Waals surface area contributed by atoms with Crippen molar-refractivity contribution >= 4 is 0 Å². The van der Waals surface area contributed by atoms with Gasteiger partial charge in [0.05, 0.1) is 0 Å². The Balaban J connectivity index is 0.000000784. The highest BCUT2D eigenvalue weighted by Crippen LogP contribution is 2.68. The van der Waals surface area contributed by atoms with Crippen molar-refractivity contribution in [3.8, 4) is 0 Å². The molecule has 8 atom stereocenters. The molecule has 8 unspecified atom stereocenters. The van der Waals surface area contributed by atoms with Crippen molar-refractivity contribution in [1.29, 1.82) is 0 Å². The summed E-state index contributed by atoms with van der Waals surface area (Å²) in [6.07, 6.45) is 17.4. The Morgan fingerprint density at radius 2 is 1.69 bits per heavy atom. The third kappa shape index (κ3) is 3.12. The lowest BCUT2D eigenvalue weighted by atomic mass is 9.43. The first kappa shape index (κ1) is 22.0. The van der Waals surface area contributed by atoms with Crippen LogP contribution >= 0.6 is 0 Å². The SMILES string of the molecule is C.C=CC1CCC2C3CCC4CC(C)CCC4(CC)C3CCC12C.CC. The molecule has 4 saturated carbocycles. The molecule has 26 heavy (non-hydrogen) atoms. The van der Waals surface area contributed by atoms with Crippen LogP contribution in [0.3, 0.4) is 0 Å². The third-order valence-electron chi connectivity index (χ3n) is 9.64. The minimum atomic E-state index is 0. The summed E-state index contributed by atoms with van der Waals surface area (Å²) >= 11 is 0. The van der Waals surface area contributed by atoms with E-state index in [-0.39, 0.29) is 7.43 Å². The summed E-state index contributed by atoms with van der Waals surface area (Å²) in [5, 5.41) is 0. The first-order valence-corrected chi connectivity index (χ1v) is 11.7. The highest BCUT2D eigenvalue weighted by Gasteiger charge is 2.60. The summed E-state index contributed by atoms with van der Waals surface area (Å²) in [5.74, 6) is 5.95. The maximum absolute atomic E-state index is 4.19. The summed E-state index contributed by atoms with van der Waals surface area (Å²) < 4.78 is 0. The van der Waals surface area contributed by atoms with Gasteiger partial charge >= 0.3 is 0 Å². The van der Waals surface area contributed by atoms with Crippen molar-refractivity contribution < 1.29 is 0 Å². The predicted molar refractivity (Wildman–Crippen MR) is 117 cm³/mol. The lowest BCUT2D eigenvalue weighted by Gasteiger charge is -2.62. The van der Waals surface area contributed by atoms with Crippen molar-refractivity contribution in [1.82, 2.24) is 0 Å². The van der Waals surface area contributed by atoms with Crippen molar-refractivity contribution in [2.24, 2.45) is 46.3 Å². The van der Waals surface area contributed by atoms with Gasteiger partial charge in [-0.05, 0) is 104 Å². The molecule has 0 aromatic heterocycles. The molecule has 4 aliphatic carbocycles. The van der Waals surface area contributed by atoms with Crippen LogP contribution in [-0.4, -0.2) is 0 Å². The zero-order chi connectivity index (χ0) is 18.2. The molecule has 0 spiro atoms. The van der Waals surface area contributed by atoms with Crippen LogP contribution in [0, 0.1) is 46.3 Å². The van der Waals surface area contributed by atoms with Crippen LogP contribution in [-0.2, 0) is 0 Å². The van der Waals surface area contributed by atoms with Crippen molar-refractivity contribution in [3.05, 3.63) is 12.7 Å². The molecular formula is C26H48. The Bertz CT molecular complexity index is 465. The van der Waals surface area contributed by atoms with Gasteiger partial charge in [-0.15, -0.1) is 6.58 Å². The molecular weight excluding hydrogens is 312 g/mol. The van der Waals surface area contributed by atoms with Gasteiger partial charge in [0.2, 0.25) is 0 Å². The highest BCUT2D eigenvalue weighted by molar-refractivity contribution is 5.11. The maximum Gasteiger partial charge on any atom is -0.0179 e. The third-order valence-corrected chi connectivity index (χ3v) is 9.64. The van der Waals surface area contributed by atoms with Gasteiger partial charge in [-0.3, -0.25) is 0 Å². The van der Waals surface area contributed by atoms with Crippen molar-refractivity contribution in [2.45, 2.75) is 106 Å². The Kier molecular flexibility index (Phi) is 7.12. The molecule has 0 heteroatoms. The average Bonchev–Trinajstić information content (AvgIpc) is 2.99. The standard InChI is InChI=1S/C23H38.C2H6.CH4/c1-5-17-8-10-20-19-9-7-18-15-16(3)11-14-23(18,6-2)21(19)12-13-22(17,20)4;1-2;/h5,16-21H,1,6-15H2,2-4H3;1-2H3;1H4. The minimum absolute atomic E-state index is 0. The molecule has 0 radical (unpaired) electrons. The molecule has 4 rings (SSSR count). The fourth-order valence-electron chi connectivity index (χ4n) is 8.40. The second-order valence-electron chi connectivity index (χ2n) is 10.1. The van der Waals surface area contributed by atoms with Crippen LogP contribution in [0.15, 0.2) is 12.7 Å². The van der Waals surface area contributed by atoms with E-state index in [0.29, 0.717) is 5.41 Å². The Morgan fingerprint density at radius 1 is 0.962 bits per heavy atom. The predicted octanol–water partition coefficient (Wildman–Crippen LogP) is 8.52. The Labute approximate surface area is 165 Å². The monoisotopic (exact) mass is 360 g/mol. The number of hydrogen-bond acceptors (Lipinski definition) is 0. The van der Waals surface area contributed by atoms with Crippen LogP contribution in [0.1, 0.15) is 106 Å². The molecule has 0 aliphatic heterocycles. The summed E-state index contributed by atoms with van der Waals surface area (Å²) in [7, 11) is 0. The average molecular weight is 361 g/mol. The van der Waals surface area contributed by atoms with Gasteiger partial charge in [-0.1, -0.05) is 54.5 Å². The van der Waals surface area contributed by atoms with Gasteiger partial charge in [-0.2, -0.15) is 0 Å². The Hall–Kier alpha value is -0.260. The fourth-order valence-corrected chi connectivity index (χ4v) is 8.40. The highest BCUT2D eigenvalue weighted by atomic mass is 14.6. The number of allylic oxidation sites excluding steroid dienone is 1. The van der Waals surface area contributed by atoms with Crippen LogP contribution in [0.5, 0.6) is 0 Å². The molecule has 0 N–H and O–H groups in total. The molecule has 0 nitrogen and oxygen atoms in total. The second-order valence-corrected chi connectivity index (χ2v) is 10.1. The normalized spacial score (nSPS) is 49.4. The van der Waals surface area contributed by atoms with E-state index in [1.54, 1.807) is 19.3 Å². The molecule has 0 heterocycles. The van der Waals surface area contributed by atoms with E-state index < -0.39 is 0 Å². The quantitative estimate of drug-likeness (QED) is 0.433. The van der Waals surface area contributed by atoms with Gasteiger partial charge in [-0.25, -0.2) is 0 Å². The van der Waals surface area contributed by atoms with E-state index in [4.69, 9.17) is 0 Å². The number of hydrogen-bond donors (Lipinski definition) is 0. The molecule has 152 valence electrons. The molecule has 4 fully saturated rings. The van der Waals surface area contributed by atoms with E-state index in [1.165, 1.54) is 44.9 Å². The van der Waals surface area contributed by atoms with Gasteiger partial charge in [0.25, 0.3) is 0 Å². The van der Waals surface area contributed by atoms with Crippen LogP contribution < -0.4 is 0 Å². The molecule has 0 bridgehead atoms. The molecule has 0 aromatic rings. The molecule has 4 aliphatic rings. The van der Waals surface area contributed by atoms with E-state index >= 15 is 0 Å². The van der Waals surface area contributed by atoms with Gasteiger partial charge in [0, 0.05) is 0 Å². The summed E-state index contributed by atoms with van der Waals surface area (Å²) in [6, 6.07) is 0. The fraction of sp³-hybridized carbons (Fsp3) is 0.923. The number of rotatable bonds is 2. The van der Waals surface area contributed by atoms with E-state index in [0.717, 1.165) is 40.9 Å². The second kappa shape index (κ2) is 8.40. The van der Waals surface area contributed by atoms with Crippen LogP contribution in [0.2, 0.25) is 0 Å². The summed E-state index contributed by atoms with van der Waals surface area (Å²) in [4.78, 5) is 0. The minimum Gasteiger partial charge on any atom is -0.103 e. The van der Waals surface area contributed by atoms with E-state index in [2.05, 4.69) is 33.4 Å². The summed E-state index contributed by atoms with van der Waals surface area (Å²) in [5.41, 5.74) is 1.32. The van der Waals surface area contributed by atoms with Crippen LogP contribution in [0.25, 0.3) is 0 Å². The van der Waals surface area contributed by atoms with Crippen LogP contribution in [0.4, 0.5) is 0 Å². The first-order chi connectivity index (χ1) is 12.0. The summed E-state index contributed by atoms with van der Waals surface area (Å²) in [6.45, 7) is 15.8. The lowest BCUT2D eigenvalue weighted by Crippen LogP contribution is -2.54. The van der Waals surface area contributed by atoms with E-state index in [9.17, 15) is 0 Å². The van der Waals surface area contributed by atoms with Gasteiger partial charge in [0.1, 0.15) is 0 Å².